The van der Waals surface area contributed by atoms with Gasteiger partial charge in [0.05, 0.1) is 6.20 Å². The third kappa shape index (κ3) is 4.20. The van der Waals surface area contributed by atoms with Crippen molar-refractivity contribution in [1.82, 2.24) is 14.7 Å². The number of carbonyl (C=O) groups is 2. The molecule has 0 saturated carbocycles. The minimum absolute atomic E-state index is 0.226. The van der Waals surface area contributed by atoms with Gasteiger partial charge in [0.25, 0.3) is 0 Å². The van der Waals surface area contributed by atoms with Gasteiger partial charge < -0.3 is 15.0 Å². The molecule has 2 N–H and O–H groups in total. The topological polar surface area (TPSA) is 75.5 Å². The number of alkyl halides is 3. The van der Waals surface area contributed by atoms with E-state index in [0.717, 1.165) is 5.56 Å². The Labute approximate surface area is 157 Å². The van der Waals surface area contributed by atoms with Gasteiger partial charge in [0.2, 0.25) is 5.91 Å². The number of rotatable bonds is 4. The van der Waals surface area contributed by atoms with E-state index in [9.17, 15) is 22.8 Å². The van der Waals surface area contributed by atoms with Crippen molar-refractivity contribution in [2.45, 2.75) is 6.18 Å². The van der Waals surface area contributed by atoms with Crippen molar-refractivity contribution in [3.63, 3.8) is 0 Å². The largest absolute Gasteiger partial charge is 0.471 e. The smallest absolute Gasteiger partial charge is 0.356 e. The molecule has 0 radical (unpaired) electrons. The summed E-state index contributed by atoms with van der Waals surface area (Å²) in [5.41, 5.74) is 2.40. The molecule has 3 rings (SSSR count). The third-order valence-electron chi connectivity index (χ3n) is 3.87. The molecule has 28 heavy (non-hydrogen) atoms. The first-order chi connectivity index (χ1) is 13.3. The molecule has 0 fully saturated rings. The van der Waals surface area contributed by atoms with Crippen molar-refractivity contribution in [1.29, 1.82) is 0 Å². The molecule has 2 amide bonds. The van der Waals surface area contributed by atoms with Crippen LogP contribution in [0.2, 0.25) is 0 Å². The lowest BCUT2D eigenvalue weighted by atomic mass is 9.99. The average molecular weight is 388 g/mol. The zero-order valence-corrected chi connectivity index (χ0v) is 14.6. The number of anilines is 1. The van der Waals surface area contributed by atoms with Crippen LogP contribution in [0.1, 0.15) is 11.1 Å². The minimum atomic E-state index is -5.00. The van der Waals surface area contributed by atoms with E-state index in [0.29, 0.717) is 16.8 Å². The number of pyridine rings is 1. The first-order valence-corrected chi connectivity index (χ1v) is 8.14. The Kier molecular flexibility index (Phi) is 5.16. The van der Waals surface area contributed by atoms with Crippen LogP contribution in [0.5, 0.6) is 0 Å². The number of nitrogens with zero attached hydrogens (tertiary/aromatic N) is 2. The standard InChI is InChI=1S/C19H15F3N4O2/c1-23-17(27)9-14(12-5-3-2-4-6-12)13-7-8-16-24-15(11-26(16)10-13)25-18(28)19(20,21)22/h2-11H,1H3,(H,23,27)(H,25,28). The van der Waals surface area contributed by atoms with Gasteiger partial charge in [-0.25, -0.2) is 4.98 Å². The quantitative estimate of drug-likeness (QED) is 0.675. The van der Waals surface area contributed by atoms with E-state index in [-0.39, 0.29) is 11.7 Å². The molecule has 0 aliphatic rings. The summed E-state index contributed by atoms with van der Waals surface area (Å²) in [6.45, 7) is 0. The molecule has 2 aromatic heterocycles. The maximum Gasteiger partial charge on any atom is 0.471 e. The number of fused-ring (bicyclic) bond motifs is 1. The second kappa shape index (κ2) is 7.55. The van der Waals surface area contributed by atoms with Crippen molar-refractivity contribution >= 4 is 28.9 Å². The summed E-state index contributed by atoms with van der Waals surface area (Å²) in [6.07, 6.45) is -0.685. The van der Waals surface area contributed by atoms with Crippen LogP contribution in [0.4, 0.5) is 19.0 Å². The lowest BCUT2D eigenvalue weighted by Gasteiger charge is -2.09. The van der Waals surface area contributed by atoms with Crippen LogP contribution in [0, 0.1) is 0 Å². The second-order valence-corrected chi connectivity index (χ2v) is 5.80. The van der Waals surface area contributed by atoms with E-state index in [1.54, 1.807) is 23.6 Å². The molecule has 2 heterocycles. The highest BCUT2D eigenvalue weighted by atomic mass is 19.4. The van der Waals surface area contributed by atoms with E-state index >= 15 is 0 Å². The molecule has 0 spiro atoms. The summed E-state index contributed by atoms with van der Waals surface area (Å²) in [5, 5.41) is 4.24. The van der Waals surface area contributed by atoms with Gasteiger partial charge in [0.1, 0.15) is 5.65 Å². The minimum Gasteiger partial charge on any atom is -0.356 e. The highest BCUT2D eigenvalue weighted by Gasteiger charge is 2.39. The Bertz CT molecular complexity index is 1060. The Morgan fingerprint density at radius 1 is 1.04 bits per heavy atom. The highest BCUT2D eigenvalue weighted by molar-refractivity contribution is 5.99. The van der Waals surface area contributed by atoms with E-state index in [1.165, 1.54) is 23.7 Å². The fraction of sp³-hybridized carbons (Fsp3) is 0.105. The predicted molar refractivity (Wildman–Crippen MR) is 97.5 cm³/mol. The van der Waals surface area contributed by atoms with Crippen LogP contribution in [0.15, 0.2) is 60.9 Å². The van der Waals surface area contributed by atoms with Crippen LogP contribution >= 0.6 is 0 Å². The Hall–Kier alpha value is -3.62. The summed E-state index contributed by atoms with van der Waals surface area (Å²) in [7, 11) is 1.51. The van der Waals surface area contributed by atoms with Crippen molar-refractivity contribution < 1.29 is 22.8 Å². The maximum atomic E-state index is 12.4. The summed E-state index contributed by atoms with van der Waals surface area (Å²) >= 11 is 0. The lowest BCUT2D eigenvalue weighted by molar-refractivity contribution is -0.167. The zero-order valence-electron chi connectivity index (χ0n) is 14.6. The fourth-order valence-electron chi connectivity index (χ4n) is 2.55. The summed E-state index contributed by atoms with van der Waals surface area (Å²) in [5.74, 6) is -2.63. The van der Waals surface area contributed by atoms with Crippen LogP contribution < -0.4 is 10.6 Å². The monoisotopic (exact) mass is 388 g/mol. The molecular formula is C19H15F3N4O2. The van der Waals surface area contributed by atoms with Gasteiger partial charge in [-0.05, 0) is 28.8 Å². The van der Waals surface area contributed by atoms with E-state index in [4.69, 9.17) is 0 Å². The van der Waals surface area contributed by atoms with Crippen LogP contribution in [0.3, 0.4) is 0 Å². The van der Waals surface area contributed by atoms with Crippen LogP contribution in [0.25, 0.3) is 11.2 Å². The molecular weight excluding hydrogens is 373 g/mol. The summed E-state index contributed by atoms with van der Waals surface area (Å²) < 4.78 is 38.7. The number of benzene rings is 1. The van der Waals surface area contributed by atoms with Crippen molar-refractivity contribution in [3.05, 3.63) is 72.1 Å². The number of likely N-dealkylation sites (N-methyl/N-ethyl adjacent to an activating group) is 1. The molecule has 3 aromatic rings. The molecule has 0 saturated heterocycles. The Morgan fingerprint density at radius 3 is 2.39 bits per heavy atom. The number of amides is 2. The van der Waals surface area contributed by atoms with Crippen LogP contribution in [-0.4, -0.2) is 34.4 Å². The van der Waals surface area contributed by atoms with Gasteiger partial charge >= 0.3 is 12.1 Å². The number of hydrogen-bond donors (Lipinski definition) is 2. The molecule has 0 bridgehead atoms. The van der Waals surface area contributed by atoms with Gasteiger partial charge in [-0.2, -0.15) is 13.2 Å². The van der Waals surface area contributed by atoms with E-state index in [2.05, 4.69) is 10.3 Å². The van der Waals surface area contributed by atoms with Gasteiger partial charge in [-0.3, -0.25) is 9.59 Å². The fourth-order valence-corrected chi connectivity index (χ4v) is 2.55. The molecule has 0 aliphatic heterocycles. The molecule has 1 aromatic carbocycles. The van der Waals surface area contributed by atoms with Crippen molar-refractivity contribution in [2.24, 2.45) is 0 Å². The third-order valence-corrected chi connectivity index (χ3v) is 3.87. The van der Waals surface area contributed by atoms with Crippen molar-refractivity contribution in [3.8, 4) is 0 Å². The van der Waals surface area contributed by atoms with Crippen LogP contribution in [-0.2, 0) is 9.59 Å². The number of carbonyl (C=O) groups excluding carboxylic acids is 2. The number of hydrogen-bond acceptors (Lipinski definition) is 3. The predicted octanol–water partition coefficient (Wildman–Crippen LogP) is 3.01. The lowest BCUT2D eigenvalue weighted by Crippen LogP contribution is -2.30. The molecule has 6 nitrogen and oxygen atoms in total. The summed E-state index contributed by atoms with van der Waals surface area (Å²) in [4.78, 5) is 26.9. The number of aromatic nitrogens is 2. The number of nitrogens with one attached hydrogen (secondary N) is 2. The molecule has 0 aliphatic carbocycles. The zero-order chi connectivity index (χ0) is 20.3. The van der Waals surface area contributed by atoms with Gasteiger partial charge in [-0.15, -0.1) is 0 Å². The van der Waals surface area contributed by atoms with Gasteiger partial charge in [0, 0.05) is 19.3 Å². The average Bonchev–Trinajstić information content (AvgIpc) is 3.07. The second-order valence-electron chi connectivity index (χ2n) is 5.80. The molecule has 144 valence electrons. The molecule has 9 heteroatoms. The highest BCUT2D eigenvalue weighted by Crippen LogP contribution is 2.25. The number of halogens is 3. The Morgan fingerprint density at radius 2 is 1.75 bits per heavy atom. The molecule has 0 atom stereocenters. The van der Waals surface area contributed by atoms with Gasteiger partial charge in [0.15, 0.2) is 5.82 Å². The normalized spacial score (nSPS) is 12.1. The number of imidazole rings is 1. The summed E-state index contributed by atoms with van der Waals surface area (Å²) in [6, 6.07) is 12.4. The van der Waals surface area contributed by atoms with E-state index < -0.39 is 12.1 Å². The first kappa shape index (κ1) is 19.2. The Balaban J connectivity index is 2.01. The van der Waals surface area contributed by atoms with Crippen molar-refractivity contribution in [2.75, 3.05) is 12.4 Å². The SMILES string of the molecule is CNC(=O)C=C(c1ccccc1)c1ccc2nc(NC(=O)C(F)(F)F)cn2c1. The van der Waals surface area contributed by atoms with Gasteiger partial charge in [-0.1, -0.05) is 30.3 Å². The first-order valence-electron chi connectivity index (χ1n) is 8.14. The maximum absolute atomic E-state index is 12.4. The molecule has 0 unspecified atom stereocenters. The van der Waals surface area contributed by atoms with E-state index in [1.807, 2.05) is 30.3 Å².